The molecule has 4 nitrogen and oxygen atoms in total. The second-order valence-electron chi connectivity index (χ2n) is 7.54. The minimum atomic E-state index is 0.408. The Labute approximate surface area is 188 Å². The van der Waals surface area contributed by atoms with Crippen LogP contribution < -0.4 is 10.1 Å². The van der Waals surface area contributed by atoms with Gasteiger partial charge in [-0.15, -0.1) is 11.8 Å². The molecule has 3 aromatic rings. The first-order valence-electron chi connectivity index (χ1n) is 10.6. The van der Waals surface area contributed by atoms with Crippen LogP contribution in [0.4, 0.5) is 0 Å². The van der Waals surface area contributed by atoms with Gasteiger partial charge in [-0.25, -0.2) is 0 Å². The lowest BCUT2D eigenvalue weighted by molar-refractivity contribution is 0.107. The van der Waals surface area contributed by atoms with Gasteiger partial charge in [0.1, 0.15) is 12.4 Å². The minimum Gasteiger partial charge on any atom is -0.490 e. The van der Waals surface area contributed by atoms with Crippen molar-refractivity contribution in [1.29, 1.82) is 0 Å². The van der Waals surface area contributed by atoms with E-state index in [9.17, 15) is 0 Å². The van der Waals surface area contributed by atoms with Gasteiger partial charge in [0.05, 0.1) is 5.71 Å². The lowest BCUT2D eigenvalue weighted by atomic mass is 10.0. The number of hydrogen-bond acceptors (Lipinski definition) is 5. The lowest BCUT2D eigenvalue weighted by Crippen LogP contribution is -2.14. The van der Waals surface area contributed by atoms with Crippen LogP contribution in [-0.2, 0) is 11.3 Å². The quantitative estimate of drug-likeness (QED) is 0.280. The van der Waals surface area contributed by atoms with E-state index in [2.05, 4.69) is 59.0 Å². The van der Waals surface area contributed by atoms with Crippen molar-refractivity contribution in [3.63, 3.8) is 0 Å². The van der Waals surface area contributed by atoms with Gasteiger partial charge in [0.2, 0.25) is 0 Å². The largest absolute Gasteiger partial charge is 0.490 e. The van der Waals surface area contributed by atoms with Crippen LogP contribution in [0.2, 0.25) is 0 Å². The standard InChI is InChI=1S/C26H28N2O2S/c1-20(22-9-11-24(12-10-22)23-5-3-2-4-6-23)28-30-16-15-29-25-13-7-21(8-14-25)17-26-18-27-19-31-26/h2-14,26-27H,15-19H2,1H3. The molecule has 5 heteroatoms. The Morgan fingerprint density at radius 2 is 1.68 bits per heavy atom. The summed E-state index contributed by atoms with van der Waals surface area (Å²) in [5.74, 6) is 1.93. The molecular formula is C26H28N2O2S. The first-order valence-corrected chi connectivity index (χ1v) is 11.7. The first kappa shape index (κ1) is 21.5. The summed E-state index contributed by atoms with van der Waals surface area (Å²) in [6.45, 7) is 3.92. The van der Waals surface area contributed by atoms with Crippen molar-refractivity contribution in [2.45, 2.75) is 18.6 Å². The SMILES string of the molecule is CC(=NOCCOc1ccc(CC2CNCS2)cc1)c1ccc(-c2ccccc2)cc1. The summed E-state index contributed by atoms with van der Waals surface area (Å²) in [5, 5.41) is 8.29. The molecule has 31 heavy (non-hydrogen) atoms. The number of hydrogen-bond donors (Lipinski definition) is 1. The Hall–Kier alpha value is -2.76. The molecule has 1 atom stereocenters. The van der Waals surface area contributed by atoms with E-state index in [0.717, 1.165) is 35.9 Å². The van der Waals surface area contributed by atoms with Gasteiger partial charge >= 0.3 is 0 Å². The number of oxime groups is 1. The average Bonchev–Trinajstić information content (AvgIpc) is 3.33. The van der Waals surface area contributed by atoms with Crippen molar-refractivity contribution in [2.24, 2.45) is 5.16 Å². The third kappa shape index (κ3) is 6.36. The summed E-state index contributed by atoms with van der Waals surface area (Å²) in [6.07, 6.45) is 1.10. The summed E-state index contributed by atoms with van der Waals surface area (Å²) in [6, 6.07) is 27.1. The zero-order valence-electron chi connectivity index (χ0n) is 17.8. The number of rotatable bonds is 9. The maximum absolute atomic E-state index is 5.77. The number of ether oxygens (including phenoxy) is 1. The molecule has 1 heterocycles. The minimum absolute atomic E-state index is 0.408. The predicted molar refractivity (Wildman–Crippen MR) is 130 cm³/mol. The summed E-state index contributed by atoms with van der Waals surface area (Å²) in [4.78, 5) is 5.45. The van der Waals surface area contributed by atoms with Gasteiger partial charge in [0.25, 0.3) is 0 Å². The molecule has 0 saturated carbocycles. The lowest BCUT2D eigenvalue weighted by Gasteiger charge is -2.09. The van der Waals surface area contributed by atoms with Crippen molar-refractivity contribution >= 4 is 17.5 Å². The van der Waals surface area contributed by atoms with E-state index >= 15 is 0 Å². The fourth-order valence-electron chi connectivity index (χ4n) is 3.50. The van der Waals surface area contributed by atoms with E-state index < -0.39 is 0 Å². The molecule has 1 fully saturated rings. The van der Waals surface area contributed by atoms with Gasteiger partial charge in [-0.3, -0.25) is 0 Å². The number of nitrogens with one attached hydrogen (secondary N) is 1. The summed E-state index contributed by atoms with van der Waals surface area (Å²) < 4.78 is 5.77. The highest BCUT2D eigenvalue weighted by atomic mass is 32.2. The van der Waals surface area contributed by atoms with E-state index in [1.807, 2.05) is 49.0 Å². The van der Waals surface area contributed by atoms with Crippen molar-refractivity contribution in [3.05, 3.63) is 90.0 Å². The number of thioether (sulfide) groups is 1. The van der Waals surface area contributed by atoms with Crippen LogP contribution in [0.3, 0.4) is 0 Å². The molecule has 0 amide bonds. The van der Waals surface area contributed by atoms with E-state index in [1.54, 1.807) is 0 Å². The topological polar surface area (TPSA) is 42.9 Å². The van der Waals surface area contributed by atoms with Crippen LogP contribution in [0.25, 0.3) is 11.1 Å². The highest BCUT2D eigenvalue weighted by molar-refractivity contribution is 8.00. The Bertz CT molecular complexity index is 967. The van der Waals surface area contributed by atoms with Crippen LogP contribution in [0.15, 0.2) is 84.0 Å². The van der Waals surface area contributed by atoms with Crippen LogP contribution >= 0.6 is 11.8 Å². The first-order chi connectivity index (χ1) is 15.3. The number of benzene rings is 3. The third-order valence-electron chi connectivity index (χ3n) is 5.23. The highest BCUT2D eigenvalue weighted by Gasteiger charge is 2.15. The van der Waals surface area contributed by atoms with Crippen LogP contribution in [-0.4, -0.2) is 36.6 Å². The summed E-state index contributed by atoms with van der Waals surface area (Å²) in [7, 11) is 0. The maximum Gasteiger partial charge on any atom is 0.151 e. The normalized spacial score (nSPS) is 16.3. The molecule has 0 aromatic heterocycles. The van der Waals surface area contributed by atoms with E-state index in [-0.39, 0.29) is 0 Å². The fourth-order valence-corrected chi connectivity index (χ4v) is 4.52. The van der Waals surface area contributed by atoms with Crippen LogP contribution in [0.1, 0.15) is 18.1 Å². The van der Waals surface area contributed by atoms with Crippen molar-refractivity contribution in [3.8, 4) is 16.9 Å². The Morgan fingerprint density at radius 3 is 2.39 bits per heavy atom. The van der Waals surface area contributed by atoms with E-state index in [0.29, 0.717) is 18.5 Å². The molecule has 4 rings (SSSR count). The Morgan fingerprint density at radius 1 is 0.935 bits per heavy atom. The predicted octanol–water partition coefficient (Wildman–Crippen LogP) is 5.38. The summed E-state index contributed by atoms with van der Waals surface area (Å²) in [5.41, 5.74) is 5.65. The molecule has 1 aliphatic rings. The smallest absolute Gasteiger partial charge is 0.151 e. The highest BCUT2D eigenvalue weighted by Crippen LogP contribution is 2.21. The van der Waals surface area contributed by atoms with Gasteiger partial charge in [-0.1, -0.05) is 71.9 Å². The Balaban J connectivity index is 1.20. The zero-order chi connectivity index (χ0) is 21.3. The molecule has 1 unspecified atom stereocenters. The molecule has 1 saturated heterocycles. The molecule has 0 aliphatic carbocycles. The van der Waals surface area contributed by atoms with E-state index in [4.69, 9.17) is 9.57 Å². The molecule has 1 aliphatic heterocycles. The van der Waals surface area contributed by atoms with Gasteiger partial charge in [0.15, 0.2) is 6.61 Å². The third-order valence-corrected chi connectivity index (χ3v) is 6.41. The zero-order valence-corrected chi connectivity index (χ0v) is 18.6. The second kappa shape index (κ2) is 11.0. The van der Waals surface area contributed by atoms with Gasteiger partial charge < -0.3 is 14.9 Å². The van der Waals surface area contributed by atoms with Crippen LogP contribution in [0, 0.1) is 0 Å². The van der Waals surface area contributed by atoms with Crippen LogP contribution in [0.5, 0.6) is 5.75 Å². The molecule has 0 bridgehead atoms. The average molecular weight is 433 g/mol. The van der Waals surface area contributed by atoms with Crippen molar-refractivity contribution in [1.82, 2.24) is 5.32 Å². The molecule has 3 aromatic carbocycles. The number of nitrogens with zero attached hydrogens (tertiary/aromatic N) is 1. The van der Waals surface area contributed by atoms with E-state index in [1.165, 1.54) is 16.7 Å². The molecule has 1 N–H and O–H groups in total. The molecule has 160 valence electrons. The van der Waals surface area contributed by atoms with Gasteiger partial charge in [0, 0.05) is 17.7 Å². The summed E-state index contributed by atoms with van der Waals surface area (Å²) >= 11 is 1.99. The van der Waals surface area contributed by atoms with Crippen molar-refractivity contribution < 1.29 is 9.57 Å². The second-order valence-corrected chi connectivity index (χ2v) is 8.83. The Kier molecular flexibility index (Phi) is 7.64. The molecular weight excluding hydrogens is 404 g/mol. The maximum atomic E-state index is 5.77. The van der Waals surface area contributed by atoms with Gasteiger partial charge in [-0.2, -0.15) is 0 Å². The van der Waals surface area contributed by atoms with Crippen molar-refractivity contribution in [2.75, 3.05) is 25.6 Å². The van der Waals surface area contributed by atoms with Gasteiger partial charge in [-0.05, 0) is 47.7 Å². The molecule has 0 spiro atoms. The fraction of sp³-hybridized carbons (Fsp3) is 0.269. The monoisotopic (exact) mass is 432 g/mol. The molecule has 0 radical (unpaired) electrons.